The molecule has 3 N–H and O–H groups in total. The van der Waals surface area contributed by atoms with Gasteiger partial charge >= 0.3 is 0 Å². The smallest absolute Gasteiger partial charge is 0.278 e. The van der Waals surface area contributed by atoms with Crippen molar-refractivity contribution in [2.45, 2.75) is 30.6 Å². The third-order valence-electron chi connectivity index (χ3n) is 5.40. The zero-order valence-electron chi connectivity index (χ0n) is 20.2. The first kappa shape index (κ1) is 27.5. The number of rotatable bonds is 10. The van der Waals surface area contributed by atoms with Gasteiger partial charge in [-0.3, -0.25) is 14.5 Å². The second-order valence-corrected chi connectivity index (χ2v) is 12.4. The number of nitrogen functional groups attached to an aromatic ring is 1. The van der Waals surface area contributed by atoms with Crippen LogP contribution in [0.1, 0.15) is 18.3 Å². The van der Waals surface area contributed by atoms with Crippen molar-refractivity contribution in [3.63, 3.8) is 0 Å². The fraction of sp³-hybridized carbons (Fsp3) is 0.381. The molecule has 14 nitrogen and oxygen atoms in total. The Morgan fingerprint density at radius 2 is 2.18 bits per heavy atom. The minimum atomic E-state index is -3.26. The normalized spacial score (nSPS) is 19.6. The minimum absolute atomic E-state index is 0.0638. The first-order valence-electron chi connectivity index (χ1n) is 11.1. The Morgan fingerprint density at radius 1 is 1.42 bits per heavy atom. The minimum Gasteiger partial charge on any atom is -0.543 e. The molecule has 1 fully saturated rings. The number of pyridine rings is 1. The van der Waals surface area contributed by atoms with E-state index in [4.69, 9.17) is 10.6 Å². The standard InChI is InChI=1S/C21H23N7O7S3/c1-3-35-25-13(16-24-21(22)37-26-16)17(29)23-14-18(30)28-15(20(31)32)12(9-36-19(14)28)8-27-6-4-5-11(7-27)10-38(2,33)34/h4-7,14,19H,3,8-10H2,1-2H3,(H3-,22,23,24,26,29,31,32)/t14?,19-/m0/s1. The third kappa shape index (κ3) is 5.94. The lowest BCUT2D eigenvalue weighted by Crippen LogP contribution is -2.71. The molecule has 4 heterocycles. The van der Waals surface area contributed by atoms with Gasteiger partial charge in [0.15, 0.2) is 33.9 Å². The van der Waals surface area contributed by atoms with Crippen LogP contribution >= 0.6 is 23.3 Å². The molecule has 202 valence electrons. The number of hydrogen-bond donors (Lipinski definition) is 2. The molecule has 0 spiro atoms. The molecule has 2 aliphatic rings. The Labute approximate surface area is 225 Å². The lowest BCUT2D eigenvalue weighted by Gasteiger charge is -2.50. The van der Waals surface area contributed by atoms with Crippen LogP contribution in [0.5, 0.6) is 0 Å². The second kappa shape index (κ2) is 11.0. The molecule has 1 saturated heterocycles. The van der Waals surface area contributed by atoms with E-state index in [1.807, 2.05) is 0 Å². The van der Waals surface area contributed by atoms with Gasteiger partial charge in [-0.15, -0.1) is 11.8 Å². The highest BCUT2D eigenvalue weighted by atomic mass is 32.2. The lowest BCUT2D eigenvalue weighted by atomic mass is 10.0. The number of carboxylic acid groups (broad SMARTS) is 1. The summed E-state index contributed by atoms with van der Waals surface area (Å²) >= 11 is 2.13. The second-order valence-electron chi connectivity index (χ2n) is 8.37. The molecule has 0 saturated carbocycles. The monoisotopic (exact) mass is 581 g/mol. The average Bonchev–Trinajstić information content (AvgIpc) is 3.27. The largest absolute Gasteiger partial charge is 0.543 e. The number of hydrogen-bond acceptors (Lipinski definition) is 13. The van der Waals surface area contributed by atoms with Crippen LogP contribution in [0, 0.1) is 0 Å². The molecule has 38 heavy (non-hydrogen) atoms. The Kier molecular flexibility index (Phi) is 7.98. The molecule has 17 heteroatoms. The molecular formula is C21H23N7O7S3. The van der Waals surface area contributed by atoms with Gasteiger partial charge in [-0.05, 0) is 13.0 Å². The van der Waals surface area contributed by atoms with Gasteiger partial charge in [0.05, 0.1) is 17.4 Å². The van der Waals surface area contributed by atoms with Crippen molar-refractivity contribution < 1.29 is 37.3 Å². The van der Waals surface area contributed by atoms with Crippen LogP contribution in [0.2, 0.25) is 0 Å². The van der Waals surface area contributed by atoms with Crippen molar-refractivity contribution in [2.24, 2.45) is 5.16 Å². The topological polar surface area (TPSA) is 201 Å². The molecular weight excluding hydrogens is 558 g/mol. The van der Waals surface area contributed by atoms with Gasteiger partial charge in [0.1, 0.15) is 18.0 Å². The van der Waals surface area contributed by atoms with Gasteiger partial charge in [-0.25, -0.2) is 13.0 Å². The van der Waals surface area contributed by atoms with Crippen LogP contribution in [0.15, 0.2) is 41.0 Å². The number of carbonyl (C=O) groups excluding carboxylic acids is 3. The summed E-state index contributed by atoms with van der Waals surface area (Å²) < 4.78 is 28.9. The number of nitrogens with zero attached hydrogens (tertiary/aromatic N) is 5. The lowest BCUT2D eigenvalue weighted by molar-refractivity contribution is -0.689. The molecule has 2 aromatic heterocycles. The van der Waals surface area contributed by atoms with E-state index in [0.29, 0.717) is 11.1 Å². The Balaban J connectivity index is 1.53. The number of aromatic nitrogens is 3. The van der Waals surface area contributed by atoms with Crippen molar-refractivity contribution in [2.75, 3.05) is 24.3 Å². The van der Waals surface area contributed by atoms with E-state index in [-0.39, 0.29) is 47.0 Å². The third-order valence-corrected chi connectivity index (χ3v) is 8.14. The Hall–Kier alpha value is -3.57. The zero-order chi connectivity index (χ0) is 27.6. The maximum atomic E-state index is 13.0. The summed E-state index contributed by atoms with van der Waals surface area (Å²) in [6, 6.07) is 2.28. The van der Waals surface area contributed by atoms with E-state index in [1.54, 1.807) is 36.0 Å². The number of thioether (sulfide) groups is 1. The predicted octanol–water partition coefficient (Wildman–Crippen LogP) is -2.20. The molecule has 1 unspecified atom stereocenters. The number of nitrogens with two attached hydrogens (primary N) is 1. The summed E-state index contributed by atoms with van der Waals surface area (Å²) in [7, 11) is -3.26. The first-order chi connectivity index (χ1) is 18.0. The van der Waals surface area contributed by atoms with E-state index in [1.165, 1.54) is 11.8 Å². The summed E-state index contributed by atoms with van der Waals surface area (Å²) in [4.78, 5) is 48.0. The zero-order valence-corrected chi connectivity index (χ0v) is 22.6. The highest BCUT2D eigenvalue weighted by molar-refractivity contribution is 8.00. The number of nitrogens with one attached hydrogen (secondary N) is 1. The number of aliphatic carboxylic acids is 1. The number of carboxylic acids is 1. The quantitative estimate of drug-likeness (QED) is 0.133. The molecule has 0 bridgehead atoms. The average molecular weight is 582 g/mol. The number of fused-ring (bicyclic) bond motifs is 1. The number of anilines is 1. The summed E-state index contributed by atoms with van der Waals surface area (Å²) in [6.07, 6.45) is 4.40. The molecule has 0 radical (unpaired) electrons. The van der Waals surface area contributed by atoms with Crippen molar-refractivity contribution in [3.05, 3.63) is 47.2 Å². The van der Waals surface area contributed by atoms with E-state index in [9.17, 15) is 27.9 Å². The number of oxime groups is 1. The van der Waals surface area contributed by atoms with Crippen molar-refractivity contribution in [1.82, 2.24) is 19.6 Å². The SMILES string of the molecule is CCON=C(C(=O)NC1C(=O)N2C(C(=O)[O-])=C(C[n+]3cccc(CS(C)(=O)=O)c3)CS[C@@H]12)c1nsc(N)n1. The van der Waals surface area contributed by atoms with E-state index < -0.39 is 39.0 Å². The van der Waals surface area contributed by atoms with Gasteiger partial charge in [0.2, 0.25) is 11.5 Å². The van der Waals surface area contributed by atoms with Crippen LogP contribution in [0.25, 0.3) is 0 Å². The molecule has 2 aromatic rings. The van der Waals surface area contributed by atoms with Gasteiger partial charge in [0.25, 0.3) is 11.8 Å². The first-order valence-corrected chi connectivity index (χ1v) is 15.0. The molecule has 4 rings (SSSR count). The number of amides is 2. The van der Waals surface area contributed by atoms with Crippen LogP contribution in [-0.4, -0.2) is 76.2 Å². The Morgan fingerprint density at radius 3 is 2.82 bits per heavy atom. The molecule has 2 amide bonds. The fourth-order valence-corrected chi connectivity index (χ4v) is 6.48. The number of β-lactam (4-membered cyclic amide) rings is 1. The van der Waals surface area contributed by atoms with E-state index in [2.05, 4.69) is 19.8 Å². The van der Waals surface area contributed by atoms with Crippen LogP contribution < -0.4 is 20.7 Å². The van der Waals surface area contributed by atoms with Crippen LogP contribution in [-0.2, 0) is 41.4 Å². The number of carbonyl (C=O) groups is 3. The van der Waals surface area contributed by atoms with Crippen LogP contribution in [0.3, 0.4) is 0 Å². The summed E-state index contributed by atoms with van der Waals surface area (Å²) in [5.74, 6) is -2.94. The highest BCUT2D eigenvalue weighted by Gasteiger charge is 2.53. The summed E-state index contributed by atoms with van der Waals surface area (Å²) in [6.45, 7) is 1.94. The van der Waals surface area contributed by atoms with Gasteiger partial charge in [0, 0.05) is 40.7 Å². The molecule has 2 aliphatic heterocycles. The molecule has 0 aliphatic carbocycles. The summed E-state index contributed by atoms with van der Waals surface area (Å²) in [5, 5.41) is 17.8. The molecule has 0 aromatic carbocycles. The van der Waals surface area contributed by atoms with Gasteiger partial charge < -0.3 is 25.8 Å². The van der Waals surface area contributed by atoms with Gasteiger partial charge in [-0.1, -0.05) is 5.16 Å². The maximum Gasteiger partial charge on any atom is 0.278 e. The Bertz CT molecular complexity index is 1450. The molecule has 2 atom stereocenters. The summed E-state index contributed by atoms with van der Waals surface area (Å²) in [5.41, 5.74) is 6.00. The van der Waals surface area contributed by atoms with Crippen LogP contribution in [0.4, 0.5) is 5.13 Å². The highest BCUT2D eigenvalue weighted by Crippen LogP contribution is 2.40. The van der Waals surface area contributed by atoms with Crippen molar-refractivity contribution >= 4 is 61.8 Å². The maximum absolute atomic E-state index is 13.0. The number of sulfone groups is 1. The van der Waals surface area contributed by atoms with E-state index >= 15 is 0 Å². The predicted molar refractivity (Wildman–Crippen MR) is 135 cm³/mol. The van der Waals surface area contributed by atoms with Gasteiger partial charge in [-0.2, -0.15) is 9.36 Å². The van der Waals surface area contributed by atoms with Crippen molar-refractivity contribution in [3.8, 4) is 0 Å². The van der Waals surface area contributed by atoms with E-state index in [0.717, 1.165) is 22.7 Å². The van der Waals surface area contributed by atoms with Crippen molar-refractivity contribution in [1.29, 1.82) is 0 Å². The fourth-order valence-electron chi connectivity index (χ4n) is 3.93.